The zero-order valence-electron chi connectivity index (χ0n) is 25.5. The first-order valence-corrected chi connectivity index (χ1v) is 16.0. The number of thioether (sulfide) groups is 1. The molecular formula is C37H37NO7S. The molecule has 0 radical (unpaired) electrons. The van der Waals surface area contributed by atoms with Crippen LogP contribution in [0.2, 0.25) is 0 Å². The van der Waals surface area contributed by atoms with Crippen LogP contribution in [0.15, 0.2) is 115 Å². The predicted molar refractivity (Wildman–Crippen MR) is 177 cm³/mol. The number of nitrogens with one attached hydrogen (secondary N) is 1. The number of aromatic carboxylic acids is 1. The average molecular weight is 640 g/mol. The molecule has 8 nitrogen and oxygen atoms in total. The van der Waals surface area contributed by atoms with Gasteiger partial charge in [-0.15, -0.1) is 11.8 Å². The summed E-state index contributed by atoms with van der Waals surface area (Å²) in [4.78, 5) is 24.3. The molecule has 1 aliphatic heterocycles. The lowest BCUT2D eigenvalue weighted by atomic mass is 9.91. The monoisotopic (exact) mass is 639 g/mol. The molecule has 4 aromatic carbocycles. The Balaban J connectivity index is 1.34. The summed E-state index contributed by atoms with van der Waals surface area (Å²) < 4.78 is 18.1. The summed E-state index contributed by atoms with van der Waals surface area (Å²) in [5.74, 6) is -0.460. The number of aliphatic hydroxyl groups is 1. The molecule has 4 atom stereocenters. The van der Waals surface area contributed by atoms with Gasteiger partial charge in [0.1, 0.15) is 6.61 Å². The molecule has 1 saturated heterocycles. The van der Waals surface area contributed by atoms with Gasteiger partial charge in [-0.25, -0.2) is 9.59 Å². The molecule has 3 N–H and O–H groups in total. The van der Waals surface area contributed by atoms with Gasteiger partial charge in [-0.2, -0.15) is 0 Å². The van der Waals surface area contributed by atoms with E-state index in [1.807, 2.05) is 84.9 Å². The van der Waals surface area contributed by atoms with Crippen LogP contribution in [0.4, 0.5) is 4.79 Å². The van der Waals surface area contributed by atoms with E-state index in [0.29, 0.717) is 17.2 Å². The van der Waals surface area contributed by atoms with Crippen molar-refractivity contribution < 1.29 is 34.0 Å². The van der Waals surface area contributed by atoms with Crippen LogP contribution in [0.25, 0.3) is 11.1 Å². The number of hydrogen-bond acceptors (Lipinski definition) is 7. The highest BCUT2D eigenvalue weighted by Crippen LogP contribution is 2.43. The minimum atomic E-state index is -0.961. The quantitative estimate of drug-likeness (QED) is 0.108. The smallest absolute Gasteiger partial charge is 0.407 e. The maximum absolute atomic E-state index is 11.8. The van der Waals surface area contributed by atoms with Gasteiger partial charge in [0.05, 0.1) is 24.4 Å². The number of alkyl carbamates (subject to hydrolysis) is 1. The van der Waals surface area contributed by atoms with Gasteiger partial charge in [0.2, 0.25) is 0 Å². The highest BCUT2D eigenvalue weighted by atomic mass is 32.2. The molecule has 0 bridgehead atoms. The van der Waals surface area contributed by atoms with Gasteiger partial charge in [0.25, 0.3) is 0 Å². The summed E-state index contributed by atoms with van der Waals surface area (Å²) >= 11 is 1.46. The lowest BCUT2D eigenvalue weighted by Crippen LogP contribution is -2.38. The van der Waals surface area contributed by atoms with E-state index in [9.17, 15) is 19.8 Å². The first-order chi connectivity index (χ1) is 22.4. The van der Waals surface area contributed by atoms with Crippen molar-refractivity contribution in [2.75, 3.05) is 12.4 Å². The van der Waals surface area contributed by atoms with Crippen LogP contribution in [-0.2, 0) is 27.4 Å². The Morgan fingerprint density at radius 1 is 0.913 bits per heavy atom. The van der Waals surface area contributed by atoms with Gasteiger partial charge in [-0.3, -0.25) is 0 Å². The standard InChI is InChI=1S/C37H37NO7S/c1-3-19-43-37(42)38-21-26-7-6-8-30(20-26)27-15-17-29(18-16-27)36-44-32(23-46-33-10-5-4-9-31(33)35(40)41)24(2)34(45-36)28-13-11-25(22-39)12-14-28/h3-18,20,24,32,34,36,39H,1,19,21-23H2,2H3,(H,38,42)(H,40,41)/t24-,32+,34+,36+/m0/s1. The van der Waals surface area contributed by atoms with E-state index in [1.165, 1.54) is 17.8 Å². The van der Waals surface area contributed by atoms with Gasteiger partial charge < -0.3 is 29.7 Å². The predicted octanol–water partition coefficient (Wildman–Crippen LogP) is 7.54. The van der Waals surface area contributed by atoms with Gasteiger partial charge in [-0.05, 0) is 46.0 Å². The largest absolute Gasteiger partial charge is 0.478 e. The van der Waals surface area contributed by atoms with Crippen LogP contribution in [0.1, 0.15) is 51.9 Å². The number of benzene rings is 4. The molecule has 0 spiro atoms. The van der Waals surface area contributed by atoms with E-state index in [4.69, 9.17) is 14.2 Å². The molecular weight excluding hydrogens is 602 g/mol. The van der Waals surface area contributed by atoms with Crippen molar-refractivity contribution in [2.24, 2.45) is 5.92 Å². The Morgan fingerprint density at radius 3 is 2.37 bits per heavy atom. The summed E-state index contributed by atoms with van der Waals surface area (Å²) in [7, 11) is 0. The van der Waals surface area contributed by atoms with Crippen molar-refractivity contribution >= 4 is 23.8 Å². The van der Waals surface area contributed by atoms with Crippen molar-refractivity contribution in [1.82, 2.24) is 5.32 Å². The number of hydrogen-bond donors (Lipinski definition) is 3. The van der Waals surface area contributed by atoms with Crippen LogP contribution in [-0.4, -0.2) is 40.7 Å². The van der Waals surface area contributed by atoms with E-state index in [1.54, 1.807) is 12.1 Å². The maximum atomic E-state index is 11.8. The lowest BCUT2D eigenvalue weighted by Gasteiger charge is -2.41. The van der Waals surface area contributed by atoms with Gasteiger partial charge in [-0.1, -0.05) is 98.4 Å². The second-order valence-corrected chi connectivity index (χ2v) is 12.1. The van der Waals surface area contributed by atoms with E-state index in [-0.39, 0.29) is 36.9 Å². The first-order valence-electron chi connectivity index (χ1n) is 15.0. The summed E-state index contributed by atoms with van der Waals surface area (Å²) in [5.41, 5.74) is 5.86. The van der Waals surface area contributed by atoms with Crippen molar-refractivity contribution in [3.63, 3.8) is 0 Å². The van der Waals surface area contributed by atoms with Crippen LogP contribution in [0.5, 0.6) is 0 Å². The number of carboxylic acids is 1. The highest BCUT2D eigenvalue weighted by molar-refractivity contribution is 7.99. The molecule has 1 fully saturated rings. The minimum Gasteiger partial charge on any atom is -0.478 e. The summed E-state index contributed by atoms with van der Waals surface area (Å²) in [6, 6.07) is 30.7. The number of carbonyl (C=O) groups is 2. The second-order valence-electron chi connectivity index (χ2n) is 11.0. The lowest BCUT2D eigenvalue weighted by molar-refractivity contribution is -0.268. The topological polar surface area (TPSA) is 114 Å². The van der Waals surface area contributed by atoms with Crippen LogP contribution < -0.4 is 5.32 Å². The zero-order valence-corrected chi connectivity index (χ0v) is 26.3. The Labute approximate surface area is 273 Å². The van der Waals surface area contributed by atoms with Gasteiger partial charge in [0, 0.05) is 28.7 Å². The zero-order chi connectivity index (χ0) is 32.5. The Hall–Kier alpha value is -4.41. The van der Waals surface area contributed by atoms with Gasteiger partial charge in [0.15, 0.2) is 6.29 Å². The molecule has 1 aliphatic rings. The number of ether oxygens (including phenoxy) is 3. The van der Waals surface area contributed by atoms with E-state index in [0.717, 1.165) is 33.4 Å². The molecule has 0 saturated carbocycles. The summed E-state index contributed by atoms with van der Waals surface area (Å²) in [6.45, 7) is 6.07. The Bertz CT molecular complexity index is 1640. The summed E-state index contributed by atoms with van der Waals surface area (Å²) in [6.07, 6.45) is -0.152. The van der Waals surface area contributed by atoms with Crippen molar-refractivity contribution in [1.29, 1.82) is 0 Å². The number of carboxylic acid groups (broad SMARTS) is 1. The maximum Gasteiger partial charge on any atom is 0.407 e. The third-order valence-electron chi connectivity index (χ3n) is 7.86. The molecule has 1 amide bonds. The van der Waals surface area contributed by atoms with Crippen molar-refractivity contribution in [2.45, 2.75) is 43.5 Å². The van der Waals surface area contributed by atoms with E-state index < -0.39 is 18.4 Å². The third kappa shape index (κ3) is 8.24. The second kappa shape index (κ2) is 15.7. The molecule has 238 valence electrons. The molecule has 46 heavy (non-hydrogen) atoms. The van der Waals surface area contributed by atoms with E-state index in [2.05, 4.69) is 18.8 Å². The molecule has 5 rings (SSSR count). The van der Waals surface area contributed by atoms with Crippen LogP contribution in [0, 0.1) is 5.92 Å². The van der Waals surface area contributed by atoms with Crippen LogP contribution >= 0.6 is 11.8 Å². The highest BCUT2D eigenvalue weighted by Gasteiger charge is 2.38. The SMILES string of the molecule is C=CCOC(=O)NCc1cccc(-c2ccc([C@@H]3O[C@H](CSc4ccccc4C(=O)O)[C@H](C)[C@H](c4ccc(CO)cc4)O3)cc2)c1. The fraction of sp³-hybridized carbons (Fsp3) is 0.243. The number of carbonyl (C=O) groups excluding carboxylic acids is 1. The number of rotatable bonds is 12. The molecule has 0 aliphatic carbocycles. The number of amides is 1. The van der Waals surface area contributed by atoms with Crippen molar-refractivity contribution in [3.05, 3.63) is 138 Å². The van der Waals surface area contributed by atoms with Crippen molar-refractivity contribution in [3.8, 4) is 11.1 Å². The molecule has 1 heterocycles. The Kier molecular flexibility index (Phi) is 11.3. The first kappa shape index (κ1) is 33.0. The fourth-order valence-electron chi connectivity index (χ4n) is 5.30. The molecule has 0 unspecified atom stereocenters. The number of aliphatic hydroxyl groups excluding tert-OH is 1. The normalized spacial score (nSPS) is 19.3. The molecule has 0 aromatic heterocycles. The fourth-order valence-corrected chi connectivity index (χ4v) is 6.52. The molecule has 9 heteroatoms. The van der Waals surface area contributed by atoms with E-state index >= 15 is 0 Å². The molecule has 4 aromatic rings. The Morgan fingerprint density at radius 2 is 1.65 bits per heavy atom. The third-order valence-corrected chi connectivity index (χ3v) is 9.02. The van der Waals surface area contributed by atoms with Crippen LogP contribution in [0.3, 0.4) is 0 Å². The van der Waals surface area contributed by atoms with Gasteiger partial charge >= 0.3 is 12.1 Å². The summed E-state index contributed by atoms with van der Waals surface area (Å²) in [5, 5.41) is 21.9. The minimum absolute atomic E-state index is 0.0367. The average Bonchev–Trinajstić information content (AvgIpc) is 3.09.